The van der Waals surface area contributed by atoms with Crippen LogP contribution in [0.15, 0.2) is 0 Å². The van der Waals surface area contributed by atoms with Crippen LogP contribution in [-0.4, -0.2) is 47.9 Å². The SMILES string of the molecule is CC(C)NC1CCCN(C2CNC(=O)C2)C1=O. The van der Waals surface area contributed by atoms with E-state index in [1.54, 1.807) is 0 Å². The third-order valence-electron chi connectivity index (χ3n) is 3.40. The van der Waals surface area contributed by atoms with E-state index in [-0.39, 0.29) is 23.9 Å². The summed E-state index contributed by atoms with van der Waals surface area (Å²) in [6.45, 7) is 5.49. The molecular formula is C12H21N3O2. The van der Waals surface area contributed by atoms with Gasteiger partial charge in [-0.25, -0.2) is 0 Å². The Morgan fingerprint density at radius 1 is 1.41 bits per heavy atom. The van der Waals surface area contributed by atoms with Crippen molar-refractivity contribution in [2.24, 2.45) is 0 Å². The molecule has 0 aromatic rings. The summed E-state index contributed by atoms with van der Waals surface area (Å²) in [6, 6.07) is 0.304. The predicted molar refractivity (Wildman–Crippen MR) is 64.4 cm³/mol. The van der Waals surface area contributed by atoms with Crippen molar-refractivity contribution in [1.29, 1.82) is 0 Å². The number of nitrogens with zero attached hydrogens (tertiary/aromatic N) is 1. The molecule has 96 valence electrons. The van der Waals surface area contributed by atoms with Crippen molar-refractivity contribution in [2.45, 2.75) is 51.2 Å². The van der Waals surface area contributed by atoms with Crippen LogP contribution in [0.3, 0.4) is 0 Å². The summed E-state index contributed by atoms with van der Waals surface area (Å²) < 4.78 is 0. The fourth-order valence-corrected chi connectivity index (χ4v) is 2.63. The molecule has 0 aliphatic carbocycles. The van der Waals surface area contributed by atoms with E-state index in [2.05, 4.69) is 10.6 Å². The maximum atomic E-state index is 12.3. The second kappa shape index (κ2) is 5.04. The van der Waals surface area contributed by atoms with Gasteiger partial charge >= 0.3 is 0 Å². The normalized spacial score (nSPS) is 29.9. The van der Waals surface area contributed by atoms with Crippen LogP contribution in [0, 0.1) is 0 Å². The molecule has 2 rings (SSSR count). The third kappa shape index (κ3) is 2.77. The van der Waals surface area contributed by atoms with Crippen molar-refractivity contribution in [3.05, 3.63) is 0 Å². The standard InChI is InChI=1S/C12H21N3O2/c1-8(2)14-10-4-3-5-15(12(10)17)9-6-11(16)13-7-9/h8-10,14H,3-7H2,1-2H3,(H,13,16). The molecule has 0 saturated carbocycles. The fraction of sp³-hybridized carbons (Fsp3) is 0.833. The molecule has 0 spiro atoms. The van der Waals surface area contributed by atoms with Crippen LogP contribution in [-0.2, 0) is 9.59 Å². The molecular weight excluding hydrogens is 218 g/mol. The molecule has 5 nitrogen and oxygen atoms in total. The molecule has 0 aromatic carbocycles. The Labute approximate surface area is 102 Å². The van der Waals surface area contributed by atoms with Gasteiger partial charge in [-0.15, -0.1) is 0 Å². The van der Waals surface area contributed by atoms with Crippen molar-refractivity contribution in [3.63, 3.8) is 0 Å². The molecule has 2 unspecified atom stereocenters. The largest absolute Gasteiger partial charge is 0.354 e. The minimum atomic E-state index is -0.0700. The Balaban J connectivity index is 1.98. The summed E-state index contributed by atoms with van der Waals surface area (Å²) in [5.41, 5.74) is 0. The highest BCUT2D eigenvalue weighted by Crippen LogP contribution is 2.18. The monoisotopic (exact) mass is 239 g/mol. The van der Waals surface area contributed by atoms with Crippen LogP contribution < -0.4 is 10.6 Å². The van der Waals surface area contributed by atoms with E-state index < -0.39 is 0 Å². The Hall–Kier alpha value is -1.10. The van der Waals surface area contributed by atoms with Gasteiger partial charge in [0.25, 0.3) is 0 Å². The van der Waals surface area contributed by atoms with E-state index >= 15 is 0 Å². The summed E-state index contributed by atoms with van der Waals surface area (Å²) in [5, 5.41) is 6.09. The lowest BCUT2D eigenvalue weighted by Crippen LogP contribution is -2.55. The molecule has 2 atom stereocenters. The highest BCUT2D eigenvalue weighted by molar-refractivity contribution is 5.85. The molecule has 2 fully saturated rings. The first-order valence-electron chi connectivity index (χ1n) is 6.41. The molecule has 2 aliphatic rings. The van der Waals surface area contributed by atoms with Gasteiger partial charge < -0.3 is 15.5 Å². The smallest absolute Gasteiger partial charge is 0.240 e. The fourth-order valence-electron chi connectivity index (χ4n) is 2.63. The van der Waals surface area contributed by atoms with Gasteiger partial charge in [-0.1, -0.05) is 13.8 Å². The van der Waals surface area contributed by atoms with Gasteiger partial charge in [-0.3, -0.25) is 9.59 Å². The van der Waals surface area contributed by atoms with Crippen molar-refractivity contribution < 1.29 is 9.59 Å². The third-order valence-corrected chi connectivity index (χ3v) is 3.40. The molecule has 0 aromatic heterocycles. The molecule has 2 aliphatic heterocycles. The van der Waals surface area contributed by atoms with Crippen molar-refractivity contribution in [3.8, 4) is 0 Å². The first kappa shape index (κ1) is 12.4. The molecule has 2 amide bonds. The summed E-state index contributed by atoms with van der Waals surface area (Å²) in [7, 11) is 0. The summed E-state index contributed by atoms with van der Waals surface area (Å²) in [5.74, 6) is 0.216. The van der Waals surface area contributed by atoms with Crippen molar-refractivity contribution in [2.75, 3.05) is 13.1 Å². The first-order chi connectivity index (χ1) is 8.08. The predicted octanol–water partition coefficient (Wildman–Crippen LogP) is -0.136. The Morgan fingerprint density at radius 2 is 2.18 bits per heavy atom. The minimum Gasteiger partial charge on any atom is -0.354 e. The average molecular weight is 239 g/mol. The summed E-state index contributed by atoms with van der Waals surface area (Å²) in [6.07, 6.45) is 2.38. The van der Waals surface area contributed by atoms with Crippen LogP contribution in [0.4, 0.5) is 0 Å². The molecule has 0 radical (unpaired) electrons. The maximum Gasteiger partial charge on any atom is 0.240 e. The molecule has 2 N–H and O–H groups in total. The number of nitrogens with one attached hydrogen (secondary N) is 2. The van der Waals surface area contributed by atoms with Crippen LogP contribution in [0.25, 0.3) is 0 Å². The topological polar surface area (TPSA) is 61.4 Å². The van der Waals surface area contributed by atoms with Gasteiger partial charge in [-0.2, -0.15) is 0 Å². The van der Waals surface area contributed by atoms with E-state index in [1.807, 2.05) is 18.7 Å². The highest BCUT2D eigenvalue weighted by Gasteiger charge is 2.36. The summed E-state index contributed by atoms with van der Waals surface area (Å²) in [4.78, 5) is 25.4. The van der Waals surface area contributed by atoms with Crippen molar-refractivity contribution >= 4 is 11.8 Å². The summed E-state index contributed by atoms with van der Waals surface area (Å²) >= 11 is 0. The van der Waals surface area contributed by atoms with E-state index in [1.165, 1.54) is 0 Å². The van der Waals surface area contributed by atoms with Crippen LogP contribution in [0.1, 0.15) is 33.1 Å². The minimum absolute atomic E-state index is 0.0572. The van der Waals surface area contributed by atoms with Gasteiger partial charge in [0.2, 0.25) is 11.8 Å². The maximum absolute atomic E-state index is 12.3. The van der Waals surface area contributed by atoms with E-state index in [0.717, 1.165) is 19.4 Å². The van der Waals surface area contributed by atoms with E-state index in [0.29, 0.717) is 19.0 Å². The zero-order chi connectivity index (χ0) is 12.4. The lowest BCUT2D eigenvalue weighted by Gasteiger charge is -2.36. The van der Waals surface area contributed by atoms with Crippen molar-refractivity contribution in [1.82, 2.24) is 15.5 Å². The lowest BCUT2D eigenvalue weighted by molar-refractivity contribution is -0.138. The number of hydrogen-bond acceptors (Lipinski definition) is 3. The number of carbonyl (C=O) groups excluding carboxylic acids is 2. The Morgan fingerprint density at radius 3 is 2.76 bits per heavy atom. The van der Waals surface area contributed by atoms with Crippen LogP contribution >= 0.6 is 0 Å². The van der Waals surface area contributed by atoms with Gasteiger partial charge in [0.1, 0.15) is 0 Å². The Bertz CT molecular complexity index is 317. The molecule has 2 heterocycles. The molecule has 17 heavy (non-hydrogen) atoms. The zero-order valence-electron chi connectivity index (χ0n) is 10.5. The second-order valence-electron chi connectivity index (χ2n) is 5.21. The van der Waals surface area contributed by atoms with E-state index in [9.17, 15) is 9.59 Å². The number of amides is 2. The number of likely N-dealkylation sites (tertiary alicyclic amines) is 1. The average Bonchev–Trinajstić information content (AvgIpc) is 2.67. The van der Waals surface area contributed by atoms with Crippen LogP contribution in [0.2, 0.25) is 0 Å². The van der Waals surface area contributed by atoms with Crippen LogP contribution in [0.5, 0.6) is 0 Å². The quantitative estimate of drug-likeness (QED) is 0.721. The van der Waals surface area contributed by atoms with Gasteiger partial charge in [0.05, 0.1) is 12.1 Å². The number of carbonyl (C=O) groups is 2. The first-order valence-corrected chi connectivity index (χ1v) is 6.41. The zero-order valence-corrected chi connectivity index (χ0v) is 10.5. The van der Waals surface area contributed by atoms with Gasteiger partial charge in [-0.05, 0) is 12.8 Å². The van der Waals surface area contributed by atoms with Gasteiger partial charge in [0, 0.05) is 25.6 Å². The molecule has 0 bridgehead atoms. The van der Waals surface area contributed by atoms with Gasteiger partial charge in [0.15, 0.2) is 0 Å². The van der Waals surface area contributed by atoms with E-state index in [4.69, 9.17) is 0 Å². The Kier molecular flexibility index (Phi) is 3.66. The molecule has 2 saturated heterocycles. The molecule has 5 heteroatoms. The lowest BCUT2D eigenvalue weighted by atomic mass is 10.0. The highest BCUT2D eigenvalue weighted by atomic mass is 16.2. The number of rotatable bonds is 3. The number of hydrogen-bond donors (Lipinski definition) is 2. The number of piperidine rings is 1. The second-order valence-corrected chi connectivity index (χ2v) is 5.21.